The minimum atomic E-state index is -4.34. The van der Waals surface area contributed by atoms with Crippen LogP contribution >= 0.6 is 0 Å². The summed E-state index contributed by atoms with van der Waals surface area (Å²) in [6.45, 7) is 0. The molecule has 2 aromatic carbocycles. The van der Waals surface area contributed by atoms with Crippen molar-refractivity contribution in [1.82, 2.24) is 0 Å². The van der Waals surface area contributed by atoms with Gasteiger partial charge in [-0.25, -0.2) is 0 Å². The molecular formula is C14H11F3OS. The largest absolute Gasteiger partial charge is 0.611 e. The van der Waals surface area contributed by atoms with Crippen molar-refractivity contribution in [3.8, 4) is 0 Å². The van der Waals surface area contributed by atoms with Crippen LogP contribution in [-0.4, -0.2) is 4.55 Å². The molecule has 1 nitrogen and oxygen atoms in total. The summed E-state index contributed by atoms with van der Waals surface area (Å²) in [4.78, 5) is 0.669. The van der Waals surface area contributed by atoms with E-state index in [0.717, 1.165) is 12.1 Å². The molecule has 1 atom stereocenters. The van der Waals surface area contributed by atoms with Crippen molar-refractivity contribution in [2.75, 3.05) is 0 Å². The molecule has 2 aromatic rings. The summed E-state index contributed by atoms with van der Waals surface area (Å²) in [7, 11) is 0. The van der Waals surface area contributed by atoms with Crippen molar-refractivity contribution in [2.45, 2.75) is 16.8 Å². The number of benzene rings is 2. The summed E-state index contributed by atoms with van der Waals surface area (Å²) in [6, 6.07) is 13.6. The number of halogens is 3. The van der Waals surface area contributed by atoms with Crippen LogP contribution in [0.4, 0.5) is 13.2 Å². The monoisotopic (exact) mass is 284 g/mol. The van der Waals surface area contributed by atoms with Gasteiger partial charge in [0.15, 0.2) is 4.90 Å². The van der Waals surface area contributed by atoms with Gasteiger partial charge in [0.25, 0.3) is 0 Å². The second-order valence-corrected chi connectivity index (χ2v) is 5.45. The van der Waals surface area contributed by atoms with Crippen molar-refractivity contribution in [3.63, 3.8) is 0 Å². The molecule has 5 heteroatoms. The molecule has 0 saturated heterocycles. The van der Waals surface area contributed by atoms with Gasteiger partial charge >= 0.3 is 6.18 Å². The number of rotatable bonds is 3. The highest BCUT2D eigenvalue weighted by Crippen LogP contribution is 2.29. The standard InChI is InChI=1S/C14H11F3OS/c15-14(16,17)12-8-6-11(7-9-12)10-19(18)13-4-2-1-3-5-13/h1-9H,10H2. The summed E-state index contributed by atoms with van der Waals surface area (Å²) in [5, 5.41) is 0. The Balaban J connectivity index is 2.08. The highest BCUT2D eigenvalue weighted by molar-refractivity contribution is 7.90. The Morgan fingerprint density at radius 2 is 1.47 bits per heavy atom. The third kappa shape index (κ3) is 3.75. The van der Waals surface area contributed by atoms with Gasteiger partial charge in [-0.1, -0.05) is 30.3 Å². The van der Waals surface area contributed by atoms with Gasteiger partial charge < -0.3 is 4.55 Å². The molecule has 0 bridgehead atoms. The van der Waals surface area contributed by atoms with Gasteiger partial charge in [0.2, 0.25) is 0 Å². The van der Waals surface area contributed by atoms with E-state index < -0.39 is 22.9 Å². The van der Waals surface area contributed by atoms with E-state index in [-0.39, 0.29) is 5.75 Å². The van der Waals surface area contributed by atoms with Gasteiger partial charge in [0.1, 0.15) is 5.75 Å². The smallest absolute Gasteiger partial charge is 0.416 e. The lowest BCUT2D eigenvalue weighted by Gasteiger charge is -2.11. The van der Waals surface area contributed by atoms with Gasteiger partial charge in [-0.3, -0.25) is 0 Å². The van der Waals surface area contributed by atoms with Gasteiger partial charge in [0.05, 0.1) is 5.56 Å². The van der Waals surface area contributed by atoms with Crippen molar-refractivity contribution >= 4 is 11.2 Å². The summed E-state index contributed by atoms with van der Waals surface area (Å²) in [5.74, 6) is 0.210. The van der Waals surface area contributed by atoms with Crippen molar-refractivity contribution in [3.05, 3.63) is 65.7 Å². The third-order valence-corrected chi connectivity index (χ3v) is 3.98. The van der Waals surface area contributed by atoms with Crippen LogP contribution < -0.4 is 0 Å². The summed E-state index contributed by atoms with van der Waals surface area (Å²) in [5.41, 5.74) is -0.0723. The highest BCUT2D eigenvalue weighted by Gasteiger charge is 2.30. The van der Waals surface area contributed by atoms with Crippen LogP contribution in [0.1, 0.15) is 11.1 Å². The predicted octanol–water partition coefficient (Wildman–Crippen LogP) is 4.01. The second-order valence-electron chi connectivity index (χ2n) is 4.00. The van der Waals surface area contributed by atoms with E-state index in [2.05, 4.69) is 0 Å². The fraction of sp³-hybridized carbons (Fsp3) is 0.143. The number of hydrogen-bond donors (Lipinski definition) is 0. The van der Waals surface area contributed by atoms with Crippen LogP contribution in [0.3, 0.4) is 0 Å². The first kappa shape index (κ1) is 14.0. The molecule has 19 heavy (non-hydrogen) atoms. The van der Waals surface area contributed by atoms with E-state index in [1.165, 1.54) is 12.1 Å². The van der Waals surface area contributed by atoms with E-state index in [4.69, 9.17) is 0 Å². The molecule has 0 aliphatic carbocycles. The molecule has 0 aliphatic rings. The van der Waals surface area contributed by atoms with Crippen LogP contribution in [0.2, 0.25) is 0 Å². The molecular weight excluding hydrogens is 273 g/mol. The molecule has 0 fully saturated rings. The maximum atomic E-state index is 12.4. The van der Waals surface area contributed by atoms with Gasteiger partial charge in [-0.15, -0.1) is 0 Å². The molecule has 0 spiro atoms. The zero-order chi connectivity index (χ0) is 13.9. The SMILES string of the molecule is [O-][S+](Cc1ccc(C(F)(F)F)cc1)c1ccccc1. The fourth-order valence-electron chi connectivity index (χ4n) is 1.60. The summed E-state index contributed by atoms with van der Waals surface area (Å²) < 4.78 is 49.1. The van der Waals surface area contributed by atoms with Gasteiger partial charge in [-0.2, -0.15) is 13.2 Å². The molecule has 1 unspecified atom stereocenters. The maximum absolute atomic E-state index is 12.4. The van der Waals surface area contributed by atoms with Crippen LogP contribution in [-0.2, 0) is 23.1 Å². The molecule has 100 valence electrons. The Hall–Kier alpha value is -1.46. The maximum Gasteiger partial charge on any atom is 0.416 e. The molecule has 0 heterocycles. The molecule has 0 N–H and O–H groups in total. The first-order valence-electron chi connectivity index (χ1n) is 5.56. The quantitative estimate of drug-likeness (QED) is 0.781. The molecule has 0 radical (unpaired) electrons. The Bertz CT molecular complexity index is 523. The first-order chi connectivity index (χ1) is 8.97. The zero-order valence-electron chi connectivity index (χ0n) is 9.85. The molecule has 0 saturated carbocycles. The normalized spacial score (nSPS) is 13.3. The van der Waals surface area contributed by atoms with Crippen LogP contribution in [0.5, 0.6) is 0 Å². The molecule has 0 aromatic heterocycles. The average molecular weight is 284 g/mol. The molecule has 2 rings (SSSR count). The third-order valence-electron chi connectivity index (χ3n) is 2.59. The minimum absolute atomic E-state index is 0.210. The van der Waals surface area contributed by atoms with E-state index in [1.807, 2.05) is 6.07 Å². The van der Waals surface area contributed by atoms with E-state index in [1.54, 1.807) is 24.3 Å². The van der Waals surface area contributed by atoms with Gasteiger partial charge in [-0.05, 0) is 35.4 Å². The lowest BCUT2D eigenvalue weighted by molar-refractivity contribution is -0.137. The number of hydrogen-bond acceptors (Lipinski definition) is 1. The first-order valence-corrected chi connectivity index (χ1v) is 6.88. The lowest BCUT2D eigenvalue weighted by Crippen LogP contribution is -2.07. The fourth-order valence-corrected chi connectivity index (χ4v) is 2.72. The Morgan fingerprint density at radius 1 is 0.895 bits per heavy atom. The summed E-state index contributed by atoms with van der Waals surface area (Å²) >= 11 is -1.24. The Morgan fingerprint density at radius 3 is 2.00 bits per heavy atom. The second kappa shape index (κ2) is 5.67. The van der Waals surface area contributed by atoms with Crippen molar-refractivity contribution in [1.29, 1.82) is 0 Å². The van der Waals surface area contributed by atoms with Crippen molar-refractivity contribution in [2.24, 2.45) is 0 Å². The van der Waals surface area contributed by atoms with E-state index >= 15 is 0 Å². The van der Waals surface area contributed by atoms with Crippen LogP contribution in [0.25, 0.3) is 0 Å². The Labute approximate surface area is 112 Å². The topological polar surface area (TPSA) is 23.1 Å². The average Bonchev–Trinajstić information content (AvgIpc) is 2.39. The van der Waals surface area contributed by atoms with Crippen LogP contribution in [0, 0.1) is 0 Å². The zero-order valence-corrected chi connectivity index (χ0v) is 10.7. The lowest BCUT2D eigenvalue weighted by atomic mass is 10.1. The van der Waals surface area contributed by atoms with Crippen LogP contribution in [0.15, 0.2) is 59.5 Å². The Kier molecular flexibility index (Phi) is 4.17. The van der Waals surface area contributed by atoms with Crippen molar-refractivity contribution < 1.29 is 17.7 Å². The highest BCUT2D eigenvalue weighted by atomic mass is 32.2. The van der Waals surface area contributed by atoms with E-state index in [9.17, 15) is 17.7 Å². The van der Waals surface area contributed by atoms with E-state index in [0.29, 0.717) is 10.5 Å². The minimum Gasteiger partial charge on any atom is -0.611 e. The summed E-state index contributed by atoms with van der Waals surface area (Å²) in [6.07, 6.45) is -4.34. The molecule has 0 amide bonds. The predicted molar refractivity (Wildman–Crippen MR) is 68.0 cm³/mol. The number of alkyl halides is 3. The molecule has 0 aliphatic heterocycles. The van der Waals surface area contributed by atoms with Gasteiger partial charge in [0, 0.05) is 5.56 Å².